The van der Waals surface area contributed by atoms with Crippen molar-refractivity contribution < 1.29 is 0 Å². The van der Waals surface area contributed by atoms with Gasteiger partial charge in [0.1, 0.15) is 118 Å². The molecule has 13 rings (SSSR count). The summed E-state index contributed by atoms with van der Waals surface area (Å²) in [4.78, 5) is 6.66. The van der Waals surface area contributed by atoms with E-state index in [2.05, 4.69) is 119 Å². The van der Waals surface area contributed by atoms with Gasteiger partial charge in [0, 0.05) is 54.6 Å². The van der Waals surface area contributed by atoms with E-state index in [9.17, 15) is 0 Å². The van der Waals surface area contributed by atoms with Crippen molar-refractivity contribution in [3.63, 3.8) is 0 Å². The van der Waals surface area contributed by atoms with Crippen LogP contribution in [0.25, 0.3) is 32.3 Å². The van der Waals surface area contributed by atoms with Crippen molar-refractivity contribution in [1.29, 1.82) is 0 Å². The van der Waals surface area contributed by atoms with Gasteiger partial charge in [-0.25, -0.2) is 0 Å². The quantitative estimate of drug-likeness (QED) is 0.197. The monoisotopic (exact) mass is 1110 g/mol. The fourth-order valence-corrected chi connectivity index (χ4v) is 15.0. The van der Waals surface area contributed by atoms with Gasteiger partial charge in [-0.1, -0.05) is 142 Å². The Hall–Kier alpha value is -6.62. The number of thiophene rings is 1. The standard InChI is InChI=1S/C68H45B16N3S/c1-66(2,3)31-18-22-44-36(26-31)63-65(88-44)84-39-21-17-30(45-47(69)51(73)55(77)52(74)48(45)70)25-41(39)87(40-16-12-11-15-35(40)46-49(71)53(75)56(78)54(76)50(46)72)43-29-34(85(32-13-9-8-10-14-32)64-60(82)58(80)57(79)59(81)61(64)83)28-42(62(43)84)86(63)33-19-20-37-38(27-33)68(6,7)24-23-67(37,4)5/h8-22,25-29H,23-24H2,1-7H3. The second-order valence-electron chi connectivity index (χ2n) is 26.0. The van der Waals surface area contributed by atoms with Gasteiger partial charge in [0.25, 0.3) is 6.71 Å². The van der Waals surface area contributed by atoms with Crippen molar-refractivity contribution in [1.82, 2.24) is 0 Å². The molecule has 0 amide bonds. The number of benzene rings is 9. The fourth-order valence-electron chi connectivity index (χ4n) is 13.7. The van der Waals surface area contributed by atoms with Crippen molar-refractivity contribution in [3.05, 3.63) is 138 Å². The summed E-state index contributed by atoms with van der Waals surface area (Å²) >= 11 is 1.77. The largest absolute Gasteiger partial charge is 0.312 e. The minimum Gasteiger partial charge on any atom is -0.312 e. The molecule has 0 spiro atoms. The minimum atomic E-state index is -0.432. The SMILES string of the molecule is [B]c1c([B])c([B])c(-c2ccc3c(c2)N(c2ccccc2-c2c([B])c([B])c([B])c([B])c2[B])c2cc(N(c4ccccc4)c4c([B])c([B])c([B])c([B])c4[B])cc4c2B3c2sc3ccc(C(C)(C)C)cc3c2N4c2ccc3c(c2)C(C)(C)CCC3(C)C)c([B])c1[B]. The number of para-hydroxylation sites is 2. The Morgan fingerprint density at radius 1 is 0.455 bits per heavy atom. The van der Waals surface area contributed by atoms with Crippen LogP contribution in [0.15, 0.2) is 121 Å². The molecule has 3 nitrogen and oxygen atoms in total. The highest BCUT2D eigenvalue weighted by molar-refractivity contribution is 7.33. The molecule has 0 N–H and O–H groups in total. The van der Waals surface area contributed by atoms with Crippen molar-refractivity contribution >= 4 is 295 Å². The van der Waals surface area contributed by atoms with Crippen LogP contribution in [0, 0.1) is 0 Å². The molecular weight excluding hydrogens is 1060 g/mol. The van der Waals surface area contributed by atoms with Crippen LogP contribution >= 0.6 is 11.3 Å². The zero-order chi connectivity index (χ0) is 62.9. The summed E-state index contributed by atoms with van der Waals surface area (Å²) in [6.45, 7) is 15.7. The van der Waals surface area contributed by atoms with Crippen LogP contribution in [-0.4, -0.2) is 124 Å². The summed E-state index contributed by atoms with van der Waals surface area (Å²) in [7, 11) is 103. The molecule has 1 aromatic heterocycles. The highest BCUT2D eigenvalue weighted by Crippen LogP contribution is 2.54. The van der Waals surface area contributed by atoms with Gasteiger partial charge in [-0.15, -0.1) is 60.5 Å². The molecule has 3 heterocycles. The molecule has 30 radical (unpaired) electrons. The summed E-state index contributed by atoms with van der Waals surface area (Å²) in [6.07, 6.45) is 2.06. The van der Waals surface area contributed by atoms with Crippen LogP contribution in [0.4, 0.5) is 51.2 Å². The smallest absolute Gasteiger partial charge is 0.264 e. The zero-order valence-corrected chi connectivity index (χ0v) is 51.3. The molecule has 10 aromatic rings. The van der Waals surface area contributed by atoms with Gasteiger partial charge in [-0.2, -0.15) is 0 Å². The molecule has 0 bridgehead atoms. The zero-order valence-electron chi connectivity index (χ0n) is 50.4. The van der Waals surface area contributed by atoms with E-state index in [1.54, 1.807) is 11.3 Å². The van der Waals surface area contributed by atoms with E-state index in [-0.39, 0.29) is 98.2 Å². The average Bonchev–Trinajstić information content (AvgIpc) is 1.21. The molecule has 0 saturated heterocycles. The highest BCUT2D eigenvalue weighted by Gasteiger charge is 2.47. The van der Waals surface area contributed by atoms with Gasteiger partial charge >= 0.3 is 0 Å². The normalized spacial score (nSPS) is 14.6. The molecule has 0 unspecified atom stereocenters. The number of nitrogens with zero attached hydrogens (tertiary/aromatic N) is 3. The van der Waals surface area contributed by atoms with Crippen LogP contribution < -0.4 is 112 Å². The molecule has 0 fully saturated rings. The van der Waals surface area contributed by atoms with Gasteiger partial charge < -0.3 is 14.7 Å². The lowest BCUT2D eigenvalue weighted by Gasteiger charge is -2.46. The first-order valence-electron chi connectivity index (χ1n) is 29.2. The second-order valence-corrected chi connectivity index (χ2v) is 27.1. The number of rotatable bonds is 7. The maximum absolute atomic E-state index is 7.22. The van der Waals surface area contributed by atoms with Crippen LogP contribution in [0.1, 0.15) is 78.0 Å². The molecular formula is C68H45B16N3S. The van der Waals surface area contributed by atoms with Crippen LogP contribution in [-0.2, 0) is 16.2 Å². The molecule has 2 aliphatic heterocycles. The first-order chi connectivity index (χ1) is 41.5. The molecule has 0 saturated carbocycles. The maximum atomic E-state index is 7.22. The molecule has 1 aliphatic carbocycles. The molecule has 386 valence electrons. The molecule has 88 heavy (non-hydrogen) atoms. The Morgan fingerprint density at radius 3 is 1.57 bits per heavy atom. The minimum absolute atomic E-state index is 0.0711. The molecule has 9 aromatic carbocycles. The third kappa shape index (κ3) is 9.03. The van der Waals surface area contributed by atoms with Gasteiger partial charge in [-0.3, -0.25) is 0 Å². The van der Waals surface area contributed by atoms with Crippen LogP contribution in [0.5, 0.6) is 0 Å². The third-order valence-electron chi connectivity index (χ3n) is 18.9. The van der Waals surface area contributed by atoms with E-state index in [1.807, 2.05) is 65.6 Å². The summed E-state index contributed by atoms with van der Waals surface area (Å²) in [5.74, 6) is 0. The van der Waals surface area contributed by atoms with Crippen molar-refractivity contribution in [2.75, 3.05) is 14.7 Å². The Bertz CT molecular complexity index is 4580. The lowest BCUT2D eigenvalue weighted by molar-refractivity contribution is 0.332. The lowest BCUT2D eigenvalue weighted by Crippen LogP contribution is -2.60. The van der Waals surface area contributed by atoms with Crippen molar-refractivity contribution in [2.24, 2.45) is 0 Å². The van der Waals surface area contributed by atoms with Crippen LogP contribution in [0.2, 0.25) is 0 Å². The summed E-state index contributed by atoms with van der Waals surface area (Å²) in [5, 5.41) is 1.10. The Labute approximate surface area is 543 Å². The Kier molecular flexibility index (Phi) is 14.6. The number of hydrogen-bond donors (Lipinski definition) is 0. The van der Waals surface area contributed by atoms with E-state index < -0.39 is 6.71 Å². The Balaban J connectivity index is 1.25. The first kappa shape index (κ1) is 60.3. The van der Waals surface area contributed by atoms with Gasteiger partial charge in [-0.05, 0) is 134 Å². The summed E-state index contributed by atoms with van der Waals surface area (Å²) < 4.78 is 2.22. The van der Waals surface area contributed by atoms with Gasteiger partial charge in [0.05, 0.1) is 17.1 Å². The average molecular weight is 1110 g/mol. The van der Waals surface area contributed by atoms with Gasteiger partial charge in [0.15, 0.2) is 0 Å². The fraction of sp³-hybridized carbons (Fsp3) is 0.176. The predicted molar refractivity (Wildman–Crippen MR) is 396 cm³/mol. The van der Waals surface area contributed by atoms with Crippen molar-refractivity contribution in [3.8, 4) is 22.3 Å². The molecule has 20 heteroatoms. The number of anilines is 9. The van der Waals surface area contributed by atoms with E-state index >= 15 is 0 Å². The second kappa shape index (κ2) is 21.3. The highest BCUT2D eigenvalue weighted by atomic mass is 32.1. The van der Waals surface area contributed by atoms with E-state index in [4.69, 9.17) is 118 Å². The third-order valence-corrected chi connectivity index (χ3v) is 20.1. The van der Waals surface area contributed by atoms with E-state index in [0.29, 0.717) is 45.0 Å². The topological polar surface area (TPSA) is 9.72 Å². The van der Waals surface area contributed by atoms with Crippen molar-refractivity contribution in [2.45, 2.75) is 77.6 Å². The number of hydrogen-bond acceptors (Lipinski definition) is 4. The Morgan fingerprint density at radius 2 is 0.977 bits per heavy atom. The summed E-state index contributed by atoms with van der Waals surface area (Å²) in [5.41, 5.74) is 15.6. The molecule has 3 aliphatic rings. The van der Waals surface area contributed by atoms with E-state index in [0.717, 1.165) is 67.1 Å². The predicted octanol–water partition coefficient (Wildman–Crippen LogP) is -0.659. The summed E-state index contributed by atoms with van der Waals surface area (Å²) in [6, 6.07) is 42.1. The number of fused-ring (bicyclic) bond motifs is 7. The van der Waals surface area contributed by atoms with Crippen LogP contribution in [0.3, 0.4) is 0 Å². The first-order valence-corrected chi connectivity index (χ1v) is 30.0. The maximum Gasteiger partial charge on any atom is 0.264 e. The lowest BCUT2D eigenvalue weighted by atomic mass is 9.36. The van der Waals surface area contributed by atoms with E-state index in [1.165, 1.54) is 16.7 Å². The van der Waals surface area contributed by atoms with Gasteiger partial charge in [0.2, 0.25) is 0 Å². The molecule has 0 atom stereocenters.